The molecule has 2 heterocycles. The number of likely N-dealkylation sites (tertiary alicyclic amines) is 1. The molecule has 2 aromatic carbocycles. The zero-order valence-electron chi connectivity index (χ0n) is 15.8. The minimum absolute atomic E-state index is 0.00848. The van der Waals surface area contributed by atoms with E-state index in [9.17, 15) is 14.0 Å². The molecule has 2 amide bonds. The molecule has 0 bridgehead atoms. The van der Waals surface area contributed by atoms with Gasteiger partial charge in [0.15, 0.2) is 0 Å². The van der Waals surface area contributed by atoms with Crippen molar-refractivity contribution in [3.63, 3.8) is 0 Å². The molecule has 9 heteroatoms. The fourth-order valence-corrected chi connectivity index (χ4v) is 4.37. The van der Waals surface area contributed by atoms with Gasteiger partial charge in [-0.1, -0.05) is 29.0 Å². The van der Waals surface area contributed by atoms with Gasteiger partial charge in [0.1, 0.15) is 10.8 Å². The Morgan fingerprint density at radius 3 is 2.73 bits per heavy atom. The summed E-state index contributed by atoms with van der Waals surface area (Å²) in [7, 11) is 0. The van der Waals surface area contributed by atoms with Crippen LogP contribution in [0.4, 0.5) is 10.1 Å². The first-order valence-electron chi connectivity index (χ1n) is 9.45. The molecule has 1 aliphatic heterocycles. The van der Waals surface area contributed by atoms with Crippen molar-refractivity contribution in [1.29, 1.82) is 0 Å². The average Bonchev–Trinajstić information content (AvgIpc) is 3.25. The van der Waals surface area contributed by atoms with Crippen molar-refractivity contribution in [3.8, 4) is 0 Å². The highest BCUT2D eigenvalue weighted by molar-refractivity contribution is 7.13. The van der Waals surface area contributed by atoms with E-state index in [4.69, 9.17) is 11.6 Å². The van der Waals surface area contributed by atoms with Crippen molar-refractivity contribution in [1.82, 2.24) is 15.1 Å². The third-order valence-corrected chi connectivity index (χ3v) is 6.20. The molecule has 30 heavy (non-hydrogen) atoms. The fraction of sp³-hybridized carbons (Fsp3) is 0.238. The van der Waals surface area contributed by atoms with Crippen LogP contribution < -0.4 is 5.32 Å². The molecule has 0 radical (unpaired) electrons. The number of carbonyl (C=O) groups is 2. The highest BCUT2D eigenvalue weighted by atomic mass is 35.5. The predicted octanol–water partition coefficient (Wildman–Crippen LogP) is 4.60. The van der Waals surface area contributed by atoms with E-state index in [1.807, 2.05) is 0 Å². The summed E-state index contributed by atoms with van der Waals surface area (Å²) in [6, 6.07) is 12.5. The summed E-state index contributed by atoms with van der Waals surface area (Å²) in [5, 5.41) is 12.5. The van der Waals surface area contributed by atoms with Gasteiger partial charge in [-0.15, -0.1) is 10.2 Å². The summed E-state index contributed by atoms with van der Waals surface area (Å²) in [4.78, 5) is 26.9. The molecule has 1 N–H and O–H groups in total. The van der Waals surface area contributed by atoms with Crippen LogP contribution in [0.1, 0.15) is 43.9 Å². The number of rotatable bonds is 4. The Kier molecular flexibility index (Phi) is 6.06. The molecule has 1 aromatic heterocycles. The van der Waals surface area contributed by atoms with Crippen molar-refractivity contribution < 1.29 is 14.0 Å². The Balaban J connectivity index is 1.43. The van der Waals surface area contributed by atoms with Crippen LogP contribution in [0.2, 0.25) is 5.02 Å². The number of hydrogen-bond donors (Lipinski definition) is 1. The number of anilines is 1. The monoisotopic (exact) mass is 444 g/mol. The number of carbonyl (C=O) groups excluding carboxylic acids is 2. The second-order valence-electron chi connectivity index (χ2n) is 7.01. The molecular formula is C21H18ClFN4O2S. The van der Waals surface area contributed by atoms with Crippen molar-refractivity contribution >= 4 is 40.4 Å². The number of piperidine rings is 1. The number of nitrogens with zero attached hydrogens (tertiary/aromatic N) is 3. The second-order valence-corrected chi connectivity index (χ2v) is 8.45. The maximum atomic E-state index is 13.5. The standard InChI is InChI=1S/C21H18ClFN4O2S/c22-15-6-8-17(9-7-15)24-18(28)20-26-25-19(30-20)14-4-2-10-27(12-14)21(29)13-3-1-5-16(23)11-13/h1,3,5-9,11,14H,2,4,10,12H2,(H,24,28)/t14-/m1/s1. The smallest absolute Gasteiger partial charge is 0.286 e. The molecule has 1 saturated heterocycles. The van der Waals surface area contributed by atoms with E-state index in [0.717, 1.165) is 12.8 Å². The lowest BCUT2D eigenvalue weighted by Crippen LogP contribution is -2.39. The predicted molar refractivity (Wildman–Crippen MR) is 114 cm³/mol. The molecular weight excluding hydrogens is 427 g/mol. The maximum absolute atomic E-state index is 13.5. The minimum Gasteiger partial charge on any atom is -0.338 e. The third-order valence-electron chi connectivity index (χ3n) is 4.87. The number of halogens is 2. The topological polar surface area (TPSA) is 75.2 Å². The van der Waals surface area contributed by atoms with Gasteiger partial charge in [0.05, 0.1) is 0 Å². The first kappa shape index (κ1) is 20.4. The summed E-state index contributed by atoms with van der Waals surface area (Å²) in [5.41, 5.74) is 0.946. The van der Waals surface area contributed by atoms with E-state index in [1.165, 1.54) is 29.5 Å². The Hall–Kier alpha value is -2.84. The molecule has 0 saturated carbocycles. The molecule has 154 valence electrons. The summed E-state index contributed by atoms with van der Waals surface area (Å²) < 4.78 is 13.5. The average molecular weight is 445 g/mol. The van der Waals surface area contributed by atoms with Crippen LogP contribution in [0.15, 0.2) is 48.5 Å². The van der Waals surface area contributed by atoms with Gasteiger partial charge in [-0.05, 0) is 55.3 Å². The van der Waals surface area contributed by atoms with Crippen molar-refractivity contribution in [3.05, 3.63) is 74.9 Å². The highest BCUT2D eigenvalue weighted by Gasteiger charge is 2.28. The largest absolute Gasteiger partial charge is 0.338 e. The molecule has 1 fully saturated rings. The molecule has 1 atom stereocenters. The van der Waals surface area contributed by atoms with Gasteiger partial charge in [-0.3, -0.25) is 9.59 Å². The summed E-state index contributed by atoms with van der Waals surface area (Å²) >= 11 is 7.08. The Morgan fingerprint density at radius 1 is 1.17 bits per heavy atom. The van der Waals surface area contributed by atoms with Crippen molar-refractivity contribution in [2.75, 3.05) is 18.4 Å². The third kappa shape index (κ3) is 4.66. The normalized spacial score (nSPS) is 16.3. The van der Waals surface area contributed by atoms with E-state index < -0.39 is 5.82 Å². The fourth-order valence-electron chi connectivity index (χ4n) is 3.38. The quantitative estimate of drug-likeness (QED) is 0.638. The van der Waals surface area contributed by atoms with Gasteiger partial charge in [-0.2, -0.15) is 0 Å². The van der Waals surface area contributed by atoms with E-state index in [2.05, 4.69) is 15.5 Å². The Bertz CT molecular complexity index is 1070. The van der Waals surface area contributed by atoms with Gasteiger partial charge in [0.2, 0.25) is 5.01 Å². The van der Waals surface area contributed by atoms with Crippen LogP contribution in [0.25, 0.3) is 0 Å². The van der Waals surface area contributed by atoms with Gasteiger partial charge < -0.3 is 10.2 Å². The minimum atomic E-state index is -0.435. The molecule has 3 aromatic rings. The number of benzene rings is 2. The number of aromatic nitrogens is 2. The van der Waals surface area contributed by atoms with Crippen LogP contribution in [0, 0.1) is 5.82 Å². The van der Waals surface area contributed by atoms with Gasteiger partial charge >= 0.3 is 0 Å². The lowest BCUT2D eigenvalue weighted by Gasteiger charge is -2.31. The first-order chi connectivity index (χ1) is 14.5. The SMILES string of the molecule is O=C(Nc1ccc(Cl)cc1)c1nnc([C@@H]2CCCN(C(=O)c3cccc(F)c3)C2)s1. The molecule has 4 rings (SSSR count). The lowest BCUT2D eigenvalue weighted by atomic mass is 9.98. The highest BCUT2D eigenvalue weighted by Crippen LogP contribution is 2.30. The van der Waals surface area contributed by atoms with Gasteiger partial charge in [0, 0.05) is 35.3 Å². The molecule has 0 spiro atoms. The Morgan fingerprint density at radius 2 is 1.97 bits per heavy atom. The van der Waals surface area contributed by atoms with Gasteiger partial charge in [-0.25, -0.2) is 4.39 Å². The van der Waals surface area contributed by atoms with E-state index in [-0.39, 0.29) is 22.7 Å². The van der Waals surface area contributed by atoms with E-state index >= 15 is 0 Å². The van der Waals surface area contributed by atoms with Crippen LogP contribution >= 0.6 is 22.9 Å². The van der Waals surface area contributed by atoms with E-state index in [0.29, 0.717) is 34.4 Å². The lowest BCUT2D eigenvalue weighted by molar-refractivity contribution is 0.0706. The van der Waals surface area contributed by atoms with Crippen LogP contribution in [0.3, 0.4) is 0 Å². The van der Waals surface area contributed by atoms with Gasteiger partial charge in [0.25, 0.3) is 11.8 Å². The van der Waals surface area contributed by atoms with Crippen molar-refractivity contribution in [2.24, 2.45) is 0 Å². The summed E-state index contributed by atoms with van der Waals surface area (Å²) in [6.45, 7) is 1.07. The first-order valence-corrected chi connectivity index (χ1v) is 10.6. The number of nitrogens with one attached hydrogen (secondary N) is 1. The molecule has 1 aliphatic rings. The maximum Gasteiger partial charge on any atom is 0.286 e. The number of amides is 2. The Labute approximate surface area is 181 Å². The zero-order chi connectivity index (χ0) is 21.1. The van der Waals surface area contributed by atoms with Crippen molar-refractivity contribution in [2.45, 2.75) is 18.8 Å². The second kappa shape index (κ2) is 8.89. The summed E-state index contributed by atoms with van der Waals surface area (Å²) in [5.74, 6) is -0.991. The summed E-state index contributed by atoms with van der Waals surface area (Å²) in [6.07, 6.45) is 1.65. The molecule has 0 aliphatic carbocycles. The zero-order valence-corrected chi connectivity index (χ0v) is 17.4. The number of hydrogen-bond acceptors (Lipinski definition) is 5. The van der Waals surface area contributed by atoms with Crippen LogP contribution in [-0.2, 0) is 0 Å². The van der Waals surface area contributed by atoms with Crippen LogP contribution in [-0.4, -0.2) is 40.0 Å². The van der Waals surface area contributed by atoms with Crippen LogP contribution in [0.5, 0.6) is 0 Å². The molecule has 6 nitrogen and oxygen atoms in total. The molecule has 0 unspecified atom stereocenters. The van der Waals surface area contributed by atoms with E-state index in [1.54, 1.807) is 35.2 Å².